The number of rotatable bonds is 4. The van der Waals surface area contributed by atoms with Gasteiger partial charge in [0, 0.05) is 0 Å². The lowest BCUT2D eigenvalue weighted by atomic mass is 9.62. The van der Waals surface area contributed by atoms with E-state index in [0.29, 0.717) is 17.3 Å². The topological polar surface area (TPSA) is 20.2 Å². The maximum atomic E-state index is 9.59. The van der Waals surface area contributed by atoms with Gasteiger partial charge in [-0.1, -0.05) is 55.9 Å². The van der Waals surface area contributed by atoms with Crippen LogP contribution >= 0.6 is 0 Å². The molecule has 138 valence electrons. The molecule has 0 aliphatic heterocycles. The Morgan fingerprint density at radius 1 is 1.32 bits per heavy atom. The zero-order chi connectivity index (χ0) is 18.0. The molecule has 0 heterocycles. The Morgan fingerprint density at radius 3 is 2.88 bits per heavy atom. The van der Waals surface area contributed by atoms with Gasteiger partial charge in [0.05, 0.1) is 6.61 Å². The molecular formula is C24H36O. The molecule has 3 rings (SSSR count). The molecule has 0 bridgehead atoms. The highest BCUT2D eigenvalue weighted by atomic mass is 16.3. The van der Waals surface area contributed by atoms with Gasteiger partial charge in [0.25, 0.3) is 0 Å². The van der Waals surface area contributed by atoms with Crippen molar-refractivity contribution in [2.24, 2.45) is 23.2 Å². The van der Waals surface area contributed by atoms with E-state index in [2.05, 4.69) is 39.2 Å². The average Bonchev–Trinajstić information content (AvgIpc) is 2.85. The zero-order valence-corrected chi connectivity index (χ0v) is 16.3. The van der Waals surface area contributed by atoms with Gasteiger partial charge in [-0.25, -0.2) is 0 Å². The molecular weight excluding hydrogens is 304 g/mol. The number of hydrogen-bond acceptors (Lipinski definition) is 1. The summed E-state index contributed by atoms with van der Waals surface area (Å²) in [6.07, 6.45) is 16.0. The van der Waals surface area contributed by atoms with Crippen LogP contribution in [0.4, 0.5) is 0 Å². The van der Waals surface area contributed by atoms with Gasteiger partial charge in [0.1, 0.15) is 0 Å². The van der Waals surface area contributed by atoms with Crippen LogP contribution in [0.15, 0.2) is 47.6 Å². The predicted molar refractivity (Wildman–Crippen MR) is 107 cm³/mol. The van der Waals surface area contributed by atoms with E-state index in [1.165, 1.54) is 50.5 Å². The van der Waals surface area contributed by atoms with Crippen molar-refractivity contribution < 1.29 is 5.11 Å². The molecule has 3 aliphatic rings. The molecule has 4 unspecified atom stereocenters. The lowest BCUT2D eigenvalue weighted by Gasteiger charge is -2.43. The molecule has 4 atom stereocenters. The Balaban J connectivity index is 1.75. The standard InChI is InChI=1S/C24H36O/c1-17-7-8-18(2)15-20(14-17)9-10-21-6-5-13-24(4)22(19(3)16-25)11-12-23(21)24/h10,14,18,22-23,25H,1,3,5-9,11-13,15-16H2,2,4H3. The van der Waals surface area contributed by atoms with Gasteiger partial charge >= 0.3 is 0 Å². The van der Waals surface area contributed by atoms with Crippen molar-refractivity contribution in [3.63, 3.8) is 0 Å². The Hall–Kier alpha value is -1.08. The Kier molecular flexibility index (Phi) is 5.73. The molecule has 0 radical (unpaired) electrons. The maximum absolute atomic E-state index is 9.59. The Labute approximate surface area is 154 Å². The van der Waals surface area contributed by atoms with Crippen molar-refractivity contribution in [1.82, 2.24) is 0 Å². The number of hydrogen-bond donors (Lipinski definition) is 1. The van der Waals surface area contributed by atoms with Gasteiger partial charge in [-0.2, -0.15) is 0 Å². The highest BCUT2D eigenvalue weighted by Crippen LogP contribution is 2.59. The minimum atomic E-state index is 0.152. The second-order valence-corrected chi connectivity index (χ2v) is 9.15. The van der Waals surface area contributed by atoms with Crippen LogP contribution in [0.3, 0.4) is 0 Å². The first-order chi connectivity index (χ1) is 11.9. The monoisotopic (exact) mass is 340 g/mol. The maximum Gasteiger partial charge on any atom is 0.0642 e. The van der Waals surface area contributed by atoms with Crippen LogP contribution in [0.1, 0.15) is 71.6 Å². The summed E-state index contributed by atoms with van der Waals surface area (Å²) in [4.78, 5) is 0. The van der Waals surface area contributed by atoms with E-state index in [0.717, 1.165) is 24.3 Å². The molecule has 1 heteroatoms. The van der Waals surface area contributed by atoms with Crippen LogP contribution in [0.25, 0.3) is 0 Å². The number of fused-ring (bicyclic) bond motifs is 1. The average molecular weight is 341 g/mol. The van der Waals surface area contributed by atoms with Crippen molar-refractivity contribution in [3.8, 4) is 0 Å². The summed E-state index contributed by atoms with van der Waals surface area (Å²) >= 11 is 0. The molecule has 1 nitrogen and oxygen atoms in total. The van der Waals surface area contributed by atoms with Gasteiger partial charge in [-0.15, -0.1) is 0 Å². The highest BCUT2D eigenvalue weighted by molar-refractivity contribution is 5.28. The second kappa shape index (κ2) is 7.66. The smallest absolute Gasteiger partial charge is 0.0642 e. The van der Waals surface area contributed by atoms with E-state index < -0.39 is 0 Å². The van der Waals surface area contributed by atoms with E-state index in [1.54, 1.807) is 11.1 Å². The molecule has 0 aromatic rings. The number of allylic oxidation sites excluding steroid dienone is 5. The summed E-state index contributed by atoms with van der Waals surface area (Å²) in [5, 5.41) is 9.59. The van der Waals surface area contributed by atoms with Gasteiger partial charge < -0.3 is 5.11 Å². The third kappa shape index (κ3) is 3.87. The van der Waals surface area contributed by atoms with Crippen molar-refractivity contribution in [3.05, 3.63) is 47.6 Å². The van der Waals surface area contributed by atoms with Gasteiger partial charge in [0.15, 0.2) is 0 Å². The molecule has 0 spiro atoms. The first-order valence-corrected chi connectivity index (χ1v) is 10.3. The first kappa shape index (κ1) is 18.7. The van der Waals surface area contributed by atoms with Crippen molar-refractivity contribution in [1.29, 1.82) is 0 Å². The predicted octanol–water partition coefficient (Wildman–Crippen LogP) is 6.37. The summed E-state index contributed by atoms with van der Waals surface area (Å²) in [7, 11) is 0. The van der Waals surface area contributed by atoms with Crippen LogP contribution < -0.4 is 0 Å². The summed E-state index contributed by atoms with van der Waals surface area (Å²) in [5.41, 5.74) is 5.95. The van der Waals surface area contributed by atoms with Gasteiger partial charge in [-0.3, -0.25) is 0 Å². The van der Waals surface area contributed by atoms with E-state index in [1.807, 2.05) is 0 Å². The van der Waals surface area contributed by atoms with Crippen molar-refractivity contribution in [2.75, 3.05) is 6.61 Å². The van der Waals surface area contributed by atoms with Gasteiger partial charge in [-0.05, 0) is 86.5 Å². The van der Waals surface area contributed by atoms with Crippen LogP contribution in [0.5, 0.6) is 0 Å². The summed E-state index contributed by atoms with van der Waals surface area (Å²) in [6, 6.07) is 0. The Bertz CT molecular complexity index is 593. The molecule has 0 saturated heterocycles. The van der Waals surface area contributed by atoms with Crippen LogP contribution in [0, 0.1) is 23.2 Å². The minimum Gasteiger partial charge on any atom is -0.392 e. The third-order valence-electron chi connectivity index (χ3n) is 7.26. The number of aliphatic hydroxyl groups is 1. The molecule has 0 aromatic carbocycles. The van der Waals surface area contributed by atoms with Crippen LogP contribution in [-0.4, -0.2) is 11.7 Å². The zero-order valence-electron chi connectivity index (χ0n) is 16.3. The third-order valence-corrected chi connectivity index (χ3v) is 7.26. The summed E-state index contributed by atoms with van der Waals surface area (Å²) in [5.74, 6) is 1.98. The summed E-state index contributed by atoms with van der Waals surface area (Å²) in [6.45, 7) is 13.4. The first-order valence-electron chi connectivity index (χ1n) is 10.3. The van der Waals surface area contributed by atoms with E-state index in [4.69, 9.17) is 0 Å². The Morgan fingerprint density at radius 2 is 2.12 bits per heavy atom. The van der Waals surface area contributed by atoms with Crippen molar-refractivity contribution in [2.45, 2.75) is 71.6 Å². The molecule has 0 aromatic heterocycles. The van der Waals surface area contributed by atoms with E-state index in [-0.39, 0.29) is 6.61 Å². The van der Waals surface area contributed by atoms with Gasteiger partial charge in [0.2, 0.25) is 0 Å². The van der Waals surface area contributed by atoms with E-state index >= 15 is 0 Å². The lowest BCUT2D eigenvalue weighted by Crippen LogP contribution is -2.34. The number of aliphatic hydroxyl groups excluding tert-OH is 1. The highest BCUT2D eigenvalue weighted by Gasteiger charge is 2.49. The normalized spacial score (nSPS) is 37.6. The van der Waals surface area contributed by atoms with E-state index in [9.17, 15) is 5.11 Å². The molecule has 3 aliphatic carbocycles. The lowest BCUT2D eigenvalue weighted by molar-refractivity contribution is 0.146. The molecule has 0 amide bonds. The molecule has 25 heavy (non-hydrogen) atoms. The second-order valence-electron chi connectivity index (χ2n) is 9.15. The molecule has 1 N–H and O–H groups in total. The quantitative estimate of drug-likeness (QED) is 0.589. The van der Waals surface area contributed by atoms with Crippen LogP contribution in [-0.2, 0) is 0 Å². The molecule has 2 saturated carbocycles. The fraction of sp³-hybridized carbons (Fsp3) is 0.667. The minimum absolute atomic E-state index is 0.152. The van der Waals surface area contributed by atoms with Crippen molar-refractivity contribution >= 4 is 0 Å². The SMILES string of the molecule is C=C1C=C(CC=C2CCCC3(C)C(C(=C)CO)CCC23)CC(C)CC1. The fourth-order valence-electron chi connectivity index (χ4n) is 5.87. The largest absolute Gasteiger partial charge is 0.392 e. The molecule has 2 fully saturated rings. The summed E-state index contributed by atoms with van der Waals surface area (Å²) < 4.78 is 0. The fourth-order valence-corrected chi connectivity index (χ4v) is 5.87. The van der Waals surface area contributed by atoms with Crippen LogP contribution in [0.2, 0.25) is 0 Å².